The van der Waals surface area contributed by atoms with Crippen molar-refractivity contribution in [3.05, 3.63) is 118 Å². The summed E-state index contributed by atoms with van der Waals surface area (Å²) < 4.78 is 10.8. The van der Waals surface area contributed by atoms with Crippen LogP contribution in [0.3, 0.4) is 0 Å². The topological polar surface area (TPSA) is 86.7 Å². The zero-order chi connectivity index (χ0) is 26.2. The molecule has 0 heterocycles. The minimum absolute atomic E-state index is 0.0303. The van der Waals surface area contributed by atoms with Gasteiger partial charge in [-0.2, -0.15) is 0 Å². The lowest BCUT2D eigenvalue weighted by molar-refractivity contribution is 0.0455. The highest BCUT2D eigenvalue weighted by atomic mass is 16.5. The van der Waals surface area contributed by atoms with Crippen LogP contribution in [0.15, 0.2) is 73.8 Å². The van der Waals surface area contributed by atoms with E-state index in [-0.39, 0.29) is 35.5 Å². The Kier molecular flexibility index (Phi) is 8.47. The highest BCUT2D eigenvalue weighted by molar-refractivity contribution is 6.12. The first-order valence-electron chi connectivity index (χ1n) is 11.2. The quantitative estimate of drug-likeness (QED) is 0.257. The van der Waals surface area contributed by atoms with E-state index in [1.165, 1.54) is 26.0 Å². The van der Waals surface area contributed by atoms with Crippen LogP contribution in [0.1, 0.15) is 77.5 Å². The second kappa shape index (κ2) is 11.7. The summed E-state index contributed by atoms with van der Waals surface area (Å²) in [6.07, 6.45) is 3.40. The Bertz CT molecular complexity index is 1230. The molecule has 0 saturated heterocycles. The minimum Gasteiger partial charge on any atom is -0.457 e. The Morgan fingerprint density at radius 2 is 0.944 bits per heavy atom. The van der Waals surface area contributed by atoms with E-state index in [1.807, 2.05) is 24.3 Å². The Morgan fingerprint density at radius 3 is 1.22 bits per heavy atom. The number of benzene rings is 3. The van der Waals surface area contributed by atoms with Gasteiger partial charge in [-0.3, -0.25) is 9.59 Å². The zero-order valence-electron chi connectivity index (χ0n) is 20.2. The number of carbonyl (C=O) groups excluding carboxylic acids is 4. The maximum Gasteiger partial charge on any atom is 0.339 e. The van der Waals surface area contributed by atoms with E-state index in [2.05, 4.69) is 13.2 Å². The van der Waals surface area contributed by atoms with E-state index in [0.717, 1.165) is 22.3 Å². The predicted molar refractivity (Wildman–Crippen MR) is 138 cm³/mol. The molecule has 36 heavy (non-hydrogen) atoms. The Morgan fingerprint density at radius 1 is 0.611 bits per heavy atom. The van der Waals surface area contributed by atoms with Crippen molar-refractivity contribution in [3.8, 4) is 0 Å². The van der Waals surface area contributed by atoms with Gasteiger partial charge in [0, 0.05) is 11.1 Å². The molecule has 0 saturated carbocycles. The highest BCUT2D eigenvalue weighted by Crippen LogP contribution is 2.22. The fourth-order valence-corrected chi connectivity index (χ4v) is 3.47. The average Bonchev–Trinajstić information content (AvgIpc) is 2.89. The molecule has 0 aliphatic rings. The Balaban J connectivity index is 1.84. The molecule has 0 aromatic heterocycles. The summed E-state index contributed by atoms with van der Waals surface area (Å²) in [5, 5.41) is 0. The molecule has 6 nitrogen and oxygen atoms in total. The number of rotatable bonds is 10. The van der Waals surface area contributed by atoms with E-state index in [9.17, 15) is 19.2 Å². The van der Waals surface area contributed by atoms with Crippen LogP contribution >= 0.6 is 0 Å². The maximum absolute atomic E-state index is 12.9. The van der Waals surface area contributed by atoms with Crippen LogP contribution in [-0.2, 0) is 22.7 Å². The van der Waals surface area contributed by atoms with E-state index in [4.69, 9.17) is 9.47 Å². The summed E-state index contributed by atoms with van der Waals surface area (Å²) in [5.41, 5.74) is 3.08. The fourth-order valence-electron chi connectivity index (χ4n) is 3.47. The summed E-state index contributed by atoms with van der Waals surface area (Å²) in [6.45, 7) is 9.86. The van der Waals surface area contributed by atoms with Crippen LogP contribution in [0.2, 0.25) is 0 Å². The van der Waals surface area contributed by atoms with Crippen molar-refractivity contribution >= 4 is 35.7 Å². The van der Waals surface area contributed by atoms with Gasteiger partial charge < -0.3 is 9.47 Å². The first-order valence-corrected chi connectivity index (χ1v) is 11.2. The Labute approximate surface area is 209 Å². The lowest BCUT2D eigenvalue weighted by Crippen LogP contribution is -2.17. The van der Waals surface area contributed by atoms with Gasteiger partial charge in [-0.05, 0) is 48.2 Å². The van der Waals surface area contributed by atoms with Crippen LogP contribution in [0, 0.1) is 0 Å². The fraction of sp³-hybridized carbons (Fsp3) is 0.133. The molecule has 0 fully saturated rings. The number of carbonyl (C=O) groups is 4. The SMILES string of the molecule is C=Cc1ccc(COC(=O)c2cc(C(C)=O)c(C(=O)OCc3ccc(C=C)cc3)cc2C(C)=O)cc1. The molecule has 3 aromatic carbocycles. The van der Waals surface area contributed by atoms with Gasteiger partial charge in [-0.15, -0.1) is 0 Å². The van der Waals surface area contributed by atoms with Gasteiger partial charge >= 0.3 is 11.9 Å². The lowest BCUT2D eigenvalue weighted by Gasteiger charge is -2.14. The van der Waals surface area contributed by atoms with E-state index >= 15 is 0 Å². The third kappa shape index (κ3) is 6.30. The van der Waals surface area contributed by atoms with Gasteiger partial charge in [0.2, 0.25) is 0 Å². The molecule has 0 unspecified atom stereocenters. The van der Waals surface area contributed by atoms with E-state index < -0.39 is 23.5 Å². The number of hydrogen-bond acceptors (Lipinski definition) is 6. The molecule has 182 valence electrons. The van der Waals surface area contributed by atoms with Crippen molar-refractivity contribution in [2.24, 2.45) is 0 Å². The van der Waals surface area contributed by atoms with Gasteiger partial charge in [0.1, 0.15) is 13.2 Å². The lowest BCUT2D eigenvalue weighted by atomic mass is 9.94. The summed E-state index contributed by atoms with van der Waals surface area (Å²) in [7, 11) is 0. The van der Waals surface area contributed by atoms with Crippen LogP contribution in [-0.4, -0.2) is 23.5 Å². The van der Waals surface area contributed by atoms with E-state index in [0.29, 0.717) is 0 Å². The van der Waals surface area contributed by atoms with Crippen molar-refractivity contribution < 1.29 is 28.7 Å². The van der Waals surface area contributed by atoms with Crippen LogP contribution < -0.4 is 0 Å². The van der Waals surface area contributed by atoms with Crippen LogP contribution in [0.25, 0.3) is 12.2 Å². The second-order valence-electron chi connectivity index (χ2n) is 8.10. The number of ether oxygens (including phenoxy) is 2. The molecular formula is C30H26O6. The van der Waals surface area contributed by atoms with Crippen molar-refractivity contribution in [1.82, 2.24) is 0 Å². The average molecular weight is 483 g/mol. The number of Topliss-reactive ketones (excluding diaryl/α,β-unsaturated/α-hetero) is 2. The number of ketones is 2. The molecule has 0 aliphatic carbocycles. The van der Waals surface area contributed by atoms with Crippen molar-refractivity contribution in [2.75, 3.05) is 0 Å². The molecule has 0 atom stereocenters. The maximum atomic E-state index is 12.9. The third-order valence-electron chi connectivity index (χ3n) is 5.53. The molecule has 0 spiro atoms. The second-order valence-corrected chi connectivity index (χ2v) is 8.10. The van der Waals surface area contributed by atoms with Crippen molar-refractivity contribution in [1.29, 1.82) is 0 Å². The van der Waals surface area contributed by atoms with Gasteiger partial charge in [-0.1, -0.05) is 73.8 Å². The molecule has 0 N–H and O–H groups in total. The first kappa shape index (κ1) is 26.0. The summed E-state index contributed by atoms with van der Waals surface area (Å²) >= 11 is 0. The molecule has 6 heteroatoms. The summed E-state index contributed by atoms with van der Waals surface area (Å²) in [5.74, 6) is -2.47. The van der Waals surface area contributed by atoms with E-state index in [1.54, 1.807) is 36.4 Å². The van der Waals surface area contributed by atoms with Gasteiger partial charge in [-0.25, -0.2) is 9.59 Å². The number of esters is 2. The molecule has 0 amide bonds. The van der Waals surface area contributed by atoms with Crippen molar-refractivity contribution in [2.45, 2.75) is 27.1 Å². The van der Waals surface area contributed by atoms with Gasteiger partial charge in [0.25, 0.3) is 0 Å². The standard InChI is InChI=1S/C30H26O6/c1-5-21-7-11-23(12-8-21)17-35-29(33)27-15-26(20(4)32)28(16-25(27)19(3)31)30(34)36-18-24-13-9-22(6-2)10-14-24/h5-16H,1-2,17-18H2,3-4H3. The van der Waals surface area contributed by atoms with Crippen LogP contribution in [0.5, 0.6) is 0 Å². The molecular weight excluding hydrogens is 456 g/mol. The highest BCUT2D eigenvalue weighted by Gasteiger charge is 2.25. The molecule has 0 bridgehead atoms. The monoisotopic (exact) mass is 482 g/mol. The normalized spacial score (nSPS) is 10.3. The third-order valence-corrected chi connectivity index (χ3v) is 5.53. The molecule has 3 rings (SSSR count). The summed E-state index contributed by atoms with van der Waals surface area (Å²) in [6, 6.07) is 16.9. The Hall–Kier alpha value is -4.58. The predicted octanol–water partition coefficient (Wildman–Crippen LogP) is 6.09. The van der Waals surface area contributed by atoms with Crippen molar-refractivity contribution in [3.63, 3.8) is 0 Å². The smallest absolute Gasteiger partial charge is 0.339 e. The van der Waals surface area contributed by atoms with Gasteiger partial charge in [0.05, 0.1) is 11.1 Å². The molecule has 0 radical (unpaired) electrons. The minimum atomic E-state index is -0.780. The van der Waals surface area contributed by atoms with Gasteiger partial charge in [0.15, 0.2) is 11.6 Å². The van der Waals surface area contributed by atoms with Crippen LogP contribution in [0.4, 0.5) is 0 Å². The molecule has 0 aliphatic heterocycles. The first-order chi connectivity index (χ1) is 17.2. The largest absolute Gasteiger partial charge is 0.457 e. The molecule has 3 aromatic rings. The summed E-state index contributed by atoms with van der Waals surface area (Å²) in [4.78, 5) is 50.4. The number of hydrogen-bond donors (Lipinski definition) is 0. The zero-order valence-corrected chi connectivity index (χ0v) is 20.2.